The Morgan fingerprint density at radius 3 is 2.54 bits per heavy atom. The van der Waals surface area contributed by atoms with Crippen molar-refractivity contribution in [1.29, 1.82) is 0 Å². The van der Waals surface area contributed by atoms with Crippen LogP contribution in [0.5, 0.6) is 5.75 Å². The number of amides is 1. The van der Waals surface area contributed by atoms with Crippen molar-refractivity contribution in [2.24, 2.45) is 0 Å². The predicted molar refractivity (Wildman–Crippen MR) is 86.0 cm³/mol. The average Bonchev–Trinajstić information content (AvgIpc) is 2.53. The molecular formula is C18H19F2NO3. The van der Waals surface area contributed by atoms with E-state index in [0.29, 0.717) is 17.4 Å². The van der Waals surface area contributed by atoms with Gasteiger partial charge >= 0.3 is 0 Å². The minimum atomic E-state index is -1.25. The van der Waals surface area contributed by atoms with E-state index < -0.39 is 17.7 Å². The summed E-state index contributed by atoms with van der Waals surface area (Å²) in [5, 5.41) is 10.0. The summed E-state index contributed by atoms with van der Waals surface area (Å²) in [5.74, 6) is -1.30. The van der Waals surface area contributed by atoms with E-state index in [0.717, 1.165) is 11.6 Å². The van der Waals surface area contributed by atoms with Gasteiger partial charge in [0.25, 0.3) is 5.91 Å². The summed E-state index contributed by atoms with van der Waals surface area (Å²) >= 11 is 0. The third-order valence-corrected chi connectivity index (χ3v) is 3.56. The number of nitrogens with zero attached hydrogens (tertiary/aromatic N) is 1. The molecule has 0 aliphatic rings. The van der Waals surface area contributed by atoms with Gasteiger partial charge in [0.1, 0.15) is 30.1 Å². The molecule has 1 atom stereocenters. The van der Waals surface area contributed by atoms with E-state index in [2.05, 4.69) is 0 Å². The third-order valence-electron chi connectivity index (χ3n) is 3.56. The number of aryl methyl sites for hydroxylation is 1. The number of ether oxygens (including phenoxy) is 1. The lowest BCUT2D eigenvalue weighted by molar-refractivity contribution is 0.0826. The van der Waals surface area contributed by atoms with Crippen LogP contribution in [0.1, 0.15) is 27.6 Å². The van der Waals surface area contributed by atoms with Gasteiger partial charge in [-0.3, -0.25) is 4.79 Å². The van der Waals surface area contributed by atoms with Crippen molar-refractivity contribution in [3.63, 3.8) is 0 Å². The molecule has 2 rings (SSSR count). The van der Waals surface area contributed by atoms with Crippen LogP contribution in [-0.2, 0) is 0 Å². The van der Waals surface area contributed by atoms with Crippen LogP contribution in [0.15, 0.2) is 36.4 Å². The maximum atomic E-state index is 13.7. The molecule has 0 saturated heterocycles. The van der Waals surface area contributed by atoms with E-state index in [-0.39, 0.29) is 18.1 Å². The number of hydrogen-bond donors (Lipinski definition) is 1. The van der Waals surface area contributed by atoms with Gasteiger partial charge in [0.2, 0.25) is 0 Å². The van der Waals surface area contributed by atoms with Crippen LogP contribution in [0.25, 0.3) is 0 Å². The Morgan fingerprint density at radius 2 is 1.92 bits per heavy atom. The molecule has 24 heavy (non-hydrogen) atoms. The van der Waals surface area contributed by atoms with Crippen LogP contribution in [0, 0.1) is 18.6 Å². The largest absolute Gasteiger partial charge is 0.490 e. The Labute approximate surface area is 139 Å². The Morgan fingerprint density at radius 1 is 1.21 bits per heavy atom. The summed E-state index contributed by atoms with van der Waals surface area (Å²) in [4.78, 5) is 13.4. The fourth-order valence-corrected chi connectivity index (χ4v) is 2.18. The Bertz CT molecular complexity index is 747. The summed E-state index contributed by atoms with van der Waals surface area (Å²) in [6.07, 6.45) is -1.25. The fourth-order valence-electron chi connectivity index (χ4n) is 2.18. The van der Waals surface area contributed by atoms with E-state index in [9.17, 15) is 18.7 Å². The molecular weight excluding hydrogens is 316 g/mol. The number of rotatable bonds is 5. The molecule has 1 N–H and O–H groups in total. The van der Waals surface area contributed by atoms with Gasteiger partial charge in [-0.05, 0) is 30.7 Å². The molecule has 128 valence electrons. The lowest BCUT2D eigenvalue weighted by Gasteiger charge is -2.16. The van der Waals surface area contributed by atoms with Crippen LogP contribution in [-0.4, -0.2) is 36.6 Å². The number of carbonyl (C=O) groups is 1. The number of halogens is 2. The van der Waals surface area contributed by atoms with Gasteiger partial charge in [-0.1, -0.05) is 12.1 Å². The fraction of sp³-hybridized carbons (Fsp3) is 0.278. The van der Waals surface area contributed by atoms with Gasteiger partial charge in [0.15, 0.2) is 0 Å². The maximum absolute atomic E-state index is 13.7. The highest BCUT2D eigenvalue weighted by Gasteiger charge is 2.16. The monoisotopic (exact) mass is 335 g/mol. The number of aliphatic hydroxyl groups is 1. The van der Waals surface area contributed by atoms with Crippen molar-refractivity contribution >= 4 is 5.91 Å². The zero-order valence-corrected chi connectivity index (χ0v) is 13.7. The summed E-state index contributed by atoms with van der Waals surface area (Å²) < 4.78 is 32.1. The molecule has 2 aromatic rings. The van der Waals surface area contributed by atoms with Gasteiger partial charge in [-0.25, -0.2) is 8.78 Å². The molecule has 0 aliphatic heterocycles. The highest BCUT2D eigenvalue weighted by Crippen LogP contribution is 2.23. The molecule has 1 amide bonds. The molecule has 1 unspecified atom stereocenters. The van der Waals surface area contributed by atoms with E-state index in [1.807, 2.05) is 0 Å². The van der Waals surface area contributed by atoms with Crippen LogP contribution < -0.4 is 4.74 Å². The van der Waals surface area contributed by atoms with Crippen LogP contribution >= 0.6 is 0 Å². The molecule has 0 heterocycles. The summed E-state index contributed by atoms with van der Waals surface area (Å²) in [6, 6.07) is 7.95. The number of aliphatic hydroxyl groups excluding tert-OH is 1. The van der Waals surface area contributed by atoms with Gasteiger partial charge < -0.3 is 14.7 Å². The van der Waals surface area contributed by atoms with Gasteiger partial charge in [0.05, 0.1) is 0 Å². The molecule has 6 heteroatoms. The Balaban J connectivity index is 2.13. The third kappa shape index (κ3) is 4.08. The van der Waals surface area contributed by atoms with Crippen molar-refractivity contribution in [2.45, 2.75) is 13.0 Å². The second-order valence-electron chi connectivity index (χ2n) is 5.67. The van der Waals surface area contributed by atoms with Crippen LogP contribution in [0.3, 0.4) is 0 Å². The lowest BCUT2D eigenvalue weighted by atomic mass is 10.1. The second-order valence-corrected chi connectivity index (χ2v) is 5.67. The SMILES string of the molecule is Cc1ccc(C(=O)N(C)C)cc1OCC(O)c1ccc(F)cc1F. The van der Waals surface area contributed by atoms with Gasteiger partial charge in [0, 0.05) is 31.3 Å². The minimum Gasteiger partial charge on any atom is -0.490 e. The number of benzene rings is 2. The first kappa shape index (κ1) is 17.9. The quantitative estimate of drug-likeness (QED) is 0.913. The minimum absolute atomic E-state index is 0.0467. The summed E-state index contributed by atoms with van der Waals surface area (Å²) in [6.45, 7) is 1.58. The maximum Gasteiger partial charge on any atom is 0.253 e. The first-order valence-electron chi connectivity index (χ1n) is 7.37. The van der Waals surface area contributed by atoms with E-state index in [4.69, 9.17) is 4.74 Å². The highest BCUT2D eigenvalue weighted by atomic mass is 19.1. The van der Waals surface area contributed by atoms with Gasteiger partial charge in [-0.15, -0.1) is 0 Å². The number of hydrogen-bond acceptors (Lipinski definition) is 3. The molecule has 0 radical (unpaired) electrons. The highest BCUT2D eigenvalue weighted by molar-refractivity contribution is 5.94. The standard InChI is InChI=1S/C18H19F2NO3/c1-11-4-5-12(18(23)21(2)3)8-17(11)24-10-16(22)14-7-6-13(19)9-15(14)20/h4-9,16,22H,10H2,1-3H3. The number of carbonyl (C=O) groups excluding carboxylic acids is 1. The van der Waals surface area contributed by atoms with E-state index >= 15 is 0 Å². The molecule has 0 spiro atoms. The molecule has 4 nitrogen and oxygen atoms in total. The molecule has 0 fully saturated rings. The second kappa shape index (κ2) is 7.40. The van der Waals surface area contributed by atoms with Crippen molar-refractivity contribution < 1.29 is 23.4 Å². The van der Waals surface area contributed by atoms with Gasteiger partial charge in [-0.2, -0.15) is 0 Å². The van der Waals surface area contributed by atoms with Crippen molar-refractivity contribution in [2.75, 3.05) is 20.7 Å². The Kier molecular flexibility index (Phi) is 5.51. The average molecular weight is 335 g/mol. The normalized spacial score (nSPS) is 11.9. The predicted octanol–water partition coefficient (Wildman–Crippen LogP) is 3.09. The molecule has 2 aromatic carbocycles. The smallest absolute Gasteiger partial charge is 0.253 e. The lowest BCUT2D eigenvalue weighted by Crippen LogP contribution is -2.21. The zero-order valence-electron chi connectivity index (χ0n) is 13.7. The summed E-state index contributed by atoms with van der Waals surface area (Å²) in [5.41, 5.74) is 1.18. The molecule has 0 bridgehead atoms. The summed E-state index contributed by atoms with van der Waals surface area (Å²) in [7, 11) is 3.29. The van der Waals surface area contributed by atoms with Crippen LogP contribution in [0.2, 0.25) is 0 Å². The molecule has 0 saturated carbocycles. The van der Waals surface area contributed by atoms with E-state index in [1.54, 1.807) is 39.2 Å². The Hall–Kier alpha value is -2.47. The van der Waals surface area contributed by atoms with Crippen LogP contribution in [0.4, 0.5) is 8.78 Å². The first-order valence-corrected chi connectivity index (χ1v) is 7.37. The van der Waals surface area contributed by atoms with Crippen molar-refractivity contribution in [3.05, 3.63) is 64.7 Å². The molecule has 0 aromatic heterocycles. The molecule has 0 aliphatic carbocycles. The van der Waals surface area contributed by atoms with Crippen molar-refractivity contribution in [3.8, 4) is 5.75 Å². The first-order chi connectivity index (χ1) is 11.3. The zero-order chi connectivity index (χ0) is 17.9. The van der Waals surface area contributed by atoms with Crippen molar-refractivity contribution in [1.82, 2.24) is 4.90 Å². The topological polar surface area (TPSA) is 49.8 Å². The van der Waals surface area contributed by atoms with E-state index in [1.165, 1.54) is 11.0 Å².